The van der Waals surface area contributed by atoms with Crippen LogP contribution in [0.2, 0.25) is 0 Å². The minimum Gasteiger partial charge on any atom is -0.284 e. The van der Waals surface area contributed by atoms with E-state index < -0.39 is 0 Å². The number of imide groups is 1. The number of hydrogen-bond acceptors (Lipinski definition) is 3. The number of hydrogen-bond donors (Lipinski definition) is 0. The summed E-state index contributed by atoms with van der Waals surface area (Å²) in [5, 5.41) is -0.252. The van der Waals surface area contributed by atoms with Crippen LogP contribution >= 0.6 is 11.8 Å². The van der Waals surface area contributed by atoms with Crippen LogP contribution in [-0.2, 0) is 9.59 Å². The summed E-state index contributed by atoms with van der Waals surface area (Å²) in [6.07, 6.45) is 3.25. The normalized spacial score (nSPS) is 26.2. The summed E-state index contributed by atoms with van der Waals surface area (Å²) in [6.45, 7) is 0. The number of thioether (sulfide) groups is 1. The predicted molar refractivity (Wildman–Crippen MR) is 39.4 cm³/mol. The first-order valence-corrected chi connectivity index (χ1v) is 4.15. The van der Waals surface area contributed by atoms with Gasteiger partial charge in [-0.05, 0) is 6.26 Å². The van der Waals surface area contributed by atoms with E-state index in [1.807, 2.05) is 6.26 Å². The van der Waals surface area contributed by atoms with Crippen molar-refractivity contribution < 1.29 is 9.59 Å². The third-order valence-corrected chi connectivity index (χ3v) is 2.30. The summed E-state index contributed by atoms with van der Waals surface area (Å²) in [5.41, 5.74) is 0. The Hall–Kier alpha value is -0.510. The maximum Gasteiger partial charge on any atom is 0.242 e. The van der Waals surface area contributed by atoms with E-state index in [1.165, 1.54) is 25.2 Å². The molecule has 10 heavy (non-hydrogen) atoms. The number of rotatable bonds is 1. The summed E-state index contributed by atoms with van der Waals surface area (Å²) >= 11 is 1.38. The Morgan fingerprint density at radius 2 is 2.20 bits per heavy atom. The van der Waals surface area contributed by atoms with Gasteiger partial charge in [0.25, 0.3) is 0 Å². The quantitative estimate of drug-likeness (QED) is 0.501. The van der Waals surface area contributed by atoms with Crippen LogP contribution in [0.25, 0.3) is 0 Å². The van der Waals surface area contributed by atoms with Crippen LogP contribution in [0.5, 0.6) is 0 Å². The lowest BCUT2D eigenvalue weighted by molar-refractivity contribution is -0.135. The summed E-state index contributed by atoms with van der Waals surface area (Å²) in [6, 6.07) is 0. The Morgan fingerprint density at radius 3 is 2.40 bits per heavy atom. The average molecular weight is 158 g/mol. The molecule has 4 heteroatoms. The van der Waals surface area contributed by atoms with Crippen LogP contribution in [-0.4, -0.2) is 35.3 Å². The van der Waals surface area contributed by atoms with Crippen molar-refractivity contribution in [1.29, 1.82) is 0 Å². The maximum absolute atomic E-state index is 11.0. The Morgan fingerprint density at radius 1 is 1.60 bits per heavy atom. The second-order valence-corrected chi connectivity index (χ2v) is 3.04. The lowest BCUT2D eigenvalue weighted by atomic mass is 10.4. The average Bonchev–Trinajstić information content (AvgIpc) is 2.17. The fraction of sp³-hybridized carbons (Fsp3) is 0.500. The molecule has 0 bridgehead atoms. The van der Waals surface area contributed by atoms with Crippen molar-refractivity contribution in [3.05, 3.63) is 6.42 Å². The lowest BCUT2D eigenvalue weighted by Gasteiger charge is -2.04. The molecular formula is C6H8NO2S. The maximum atomic E-state index is 11.0. The molecule has 0 N–H and O–H groups in total. The highest BCUT2D eigenvalue weighted by Gasteiger charge is 2.35. The van der Waals surface area contributed by atoms with Crippen molar-refractivity contribution in [2.45, 2.75) is 5.25 Å². The molecule has 1 radical (unpaired) electrons. The third kappa shape index (κ3) is 1.03. The Bertz CT molecular complexity index is 181. The van der Waals surface area contributed by atoms with Crippen molar-refractivity contribution in [2.75, 3.05) is 13.3 Å². The second kappa shape index (κ2) is 2.62. The summed E-state index contributed by atoms with van der Waals surface area (Å²) in [7, 11) is 1.50. The van der Waals surface area contributed by atoms with Gasteiger partial charge in [0.05, 0.1) is 11.7 Å². The van der Waals surface area contributed by atoms with Gasteiger partial charge in [-0.3, -0.25) is 14.5 Å². The number of amides is 2. The highest BCUT2D eigenvalue weighted by atomic mass is 32.2. The van der Waals surface area contributed by atoms with Gasteiger partial charge in [0.2, 0.25) is 11.8 Å². The van der Waals surface area contributed by atoms with Crippen LogP contribution in [0.4, 0.5) is 0 Å². The SMILES string of the molecule is CSC1[CH]C(=O)N(C)C1=O. The topological polar surface area (TPSA) is 37.4 Å². The number of carbonyl (C=O) groups excluding carboxylic acids is 2. The van der Waals surface area contributed by atoms with Crippen LogP contribution in [0.1, 0.15) is 0 Å². The van der Waals surface area contributed by atoms with Gasteiger partial charge in [0.1, 0.15) is 0 Å². The molecule has 1 atom stereocenters. The third-order valence-electron chi connectivity index (χ3n) is 1.45. The van der Waals surface area contributed by atoms with E-state index in [1.54, 1.807) is 0 Å². The Kier molecular flexibility index (Phi) is 1.99. The number of likely N-dealkylation sites (tertiary alicyclic amines) is 1. The molecular weight excluding hydrogens is 150 g/mol. The molecule has 1 rings (SSSR count). The molecule has 0 aromatic heterocycles. The molecule has 2 amide bonds. The smallest absolute Gasteiger partial charge is 0.242 e. The van der Waals surface area contributed by atoms with Crippen molar-refractivity contribution in [3.63, 3.8) is 0 Å². The first-order valence-electron chi connectivity index (χ1n) is 2.86. The van der Waals surface area contributed by atoms with E-state index in [2.05, 4.69) is 0 Å². The van der Waals surface area contributed by atoms with Gasteiger partial charge >= 0.3 is 0 Å². The van der Waals surface area contributed by atoms with Crippen LogP contribution < -0.4 is 0 Å². The largest absolute Gasteiger partial charge is 0.284 e. The number of carbonyl (C=O) groups is 2. The zero-order chi connectivity index (χ0) is 7.72. The van der Waals surface area contributed by atoms with Crippen LogP contribution in [0.15, 0.2) is 0 Å². The van der Waals surface area contributed by atoms with Gasteiger partial charge < -0.3 is 0 Å². The van der Waals surface area contributed by atoms with Crippen molar-refractivity contribution in [1.82, 2.24) is 4.90 Å². The van der Waals surface area contributed by atoms with Gasteiger partial charge in [0.15, 0.2) is 0 Å². The molecule has 1 aliphatic rings. The van der Waals surface area contributed by atoms with E-state index in [0.29, 0.717) is 0 Å². The molecule has 0 saturated carbocycles. The fourth-order valence-electron chi connectivity index (χ4n) is 0.781. The first kappa shape index (κ1) is 7.60. The van der Waals surface area contributed by atoms with Gasteiger partial charge in [-0.2, -0.15) is 11.8 Å². The summed E-state index contributed by atoms with van der Waals surface area (Å²) < 4.78 is 0. The van der Waals surface area contributed by atoms with Gasteiger partial charge in [-0.25, -0.2) is 0 Å². The molecule has 3 nitrogen and oxygen atoms in total. The molecule has 1 saturated heterocycles. The highest BCUT2D eigenvalue weighted by molar-refractivity contribution is 8.00. The fourth-order valence-corrected chi connectivity index (χ4v) is 1.39. The van der Waals surface area contributed by atoms with E-state index in [0.717, 1.165) is 4.90 Å². The molecule has 0 spiro atoms. The summed E-state index contributed by atoms with van der Waals surface area (Å²) in [4.78, 5) is 22.9. The molecule has 1 heterocycles. The zero-order valence-corrected chi connectivity index (χ0v) is 6.64. The molecule has 0 aromatic rings. The van der Waals surface area contributed by atoms with Gasteiger partial charge in [-0.1, -0.05) is 0 Å². The molecule has 1 fully saturated rings. The van der Waals surface area contributed by atoms with Crippen molar-refractivity contribution in [2.24, 2.45) is 0 Å². The molecule has 1 aliphatic heterocycles. The van der Waals surface area contributed by atoms with Crippen LogP contribution in [0.3, 0.4) is 0 Å². The van der Waals surface area contributed by atoms with Crippen molar-refractivity contribution >= 4 is 23.6 Å². The van der Waals surface area contributed by atoms with Gasteiger partial charge in [-0.15, -0.1) is 0 Å². The summed E-state index contributed by atoms with van der Waals surface area (Å²) in [5.74, 6) is -0.304. The van der Waals surface area contributed by atoms with Crippen molar-refractivity contribution in [3.8, 4) is 0 Å². The molecule has 0 aliphatic carbocycles. The Labute approximate surface area is 63.8 Å². The minimum absolute atomic E-state index is 0.113. The van der Waals surface area contributed by atoms with Gasteiger partial charge in [0, 0.05) is 7.05 Å². The number of nitrogens with zero attached hydrogens (tertiary/aromatic N) is 1. The second-order valence-electron chi connectivity index (χ2n) is 2.06. The minimum atomic E-state index is -0.252. The predicted octanol–water partition coefficient (Wildman–Crippen LogP) is -0.0791. The van der Waals surface area contributed by atoms with E-state index in [4.69, 9.17) is 0 Å². The van der Waals surface area contributed by atoms with E-state index >= 15 is 0 Å². The lowest BCUT2D eigenvalue weighted by Crippen LogP contribution is -2.26. The van der Waals surface area contributed by atoms with Crippen LogP contribution in [0, 0.1) is 6.42 Å². The first-order chi connectivity index (χ1) is 4.66. The Balaban J connectivity index is 2.71. The standard InChI is InChI=1S/C6H8NO2S/c1-7-5(8)3-4(10-2)6(7)9/h3-4H,1-2H3. The monoisotopic (exact) mass is 158 g/mol. The zero-order valence-electron chi connectivity index (χ0n) is 5.83. The molecule has 1 unspecified atom stereocenters. The van der Waals surface area contributed by atoms with E-state index in [-0.39, 0.29) is 17.1 Å². The molecule has 0 aromatic carbocycles. The molecule has 55 valence electrons. The van der Waals surface area contributed by atoms with E-state index in [9.17, 15) is 9.59 Å². The highest BCUT2D eigenvalue weighted by Crippen LogP contribution is 2.20.